The predicted molar refractivity (Wildman–Crippen MR) is 84.3 cm³/mol. The summed E-state index contributed by atoms with van der Waals surface area (Å²) in [4.78, 5) is 16.9. The number of aliphatic hydroxyl groups is 1. The largest absolute Gasteiger partial charge is 0.395 e. The van der Waals surface area contributed by atoms with Crippen LogP contribution in [-0.4, -0.2) is 65.3 Å². The zero-order valence-corrected chi connectivity index (χ0v) is 12.7. The van der Waals surface area contributed by atoms with E-state index in [4.69, 9.17) is 5.11 Å². The van der Waals surface area contributed by atoms with Crippen molar-refractivity contribution >= 4 is 34.6 Å². The Morgan fingerprint density at radius 1 is 0.913 bits per heavy atom. The lowest BCUT2D eigenvalue weighted by Gasteiger charge is -2.13. The first kappa shape index (κ1) is 16.8. The van der Waals surface area contributed by atoms with Gasteiger partial charge in [-0.25, -0.2) is 18.7 Å². The maximum absolute atomic E-state index is 12.5. The van der Waals surface area contributed by atoms with Crippen molar-refractivity contribution in [2.24, 2.45) is 0 Å². The standard InChI is InChI=1S/C12H18F2N8O/c1-15-11-20-8-7(9(21-11)17-3-4-23)19-12(16-2)22-10(8)18-5-6(13)14/h6,23H,3-5H2,1-2H3,(H2,15,17,20,21)(H2,16,18,19,22). The number of hydrogen-bond acceptors (Lipinski definition) is 9. The van der Waals surface area contributed by atoms with E-state index in [0.29, 0.717) is 16.9 Å². The minimum atomic E-state index is -2.53. The number of aliphatic hydroxyl groups excluding tert-OH is 1. The summed E-state index contributed by atoms with van der Waals surface area (Å²) in [5.74, 6) is 1.05. The molecule has 0 spiro atoms. The second-order valence-corrected chi connectivity index (χ2v) is 4.41. The number of hydrogen-bond donors (Lipinski definition) is 5. The van der Waals surface area contributed by atoms with Crippen molar-refractivity contribution in [1.29, 1.82) is 0 Å². The third-order valence-electron chi connectivity index (χ3n) is 2.82. The molecule has 0 radical (unpaired) electrons. The Bertz CT molecular complexity index is 669. The van der Waals surface area contributed by atoms with Crippen molar-refractivity contribution in [3.8, 4) is 0 Å². The van der Waals surface area contributed by atoms with Gasteiger partial charge in [-0.1, -0.05) is 0 Å². The average Bonchev–Trinajstić information content (AvgIpc) is 2.56. The summed E-state index contributed by atoms with van der Waals surface area (Å²) in [5.41, 5.74) is 0.651. The lowest BCUT2D eigenvalue weighted by molar-refractivity contribution is 0.163. The monoisotopic (exact) mass is 328 g/mol. The second-order valence-electron chi connectivity index (χ2n) is 4.41. The van der Waals surface area contributed by atoms with Crippen LogP contribution >= 0.6 is 0 Å². The maximum atomic E-state index is 12.5. The molecule has 0 amide bonds. The second kappa shape index (κ2) is 7.63. The molecule has 0 aliphatic carbocycles. The van der Waals surface area contributed by atoms with Gasteiger partial charge in [0.25, 0.3) is 6.43 Å². The molecule has 126 valence electrons. The summed E-state index contributed by atoms with van der Waals surface area (Å²) in [5, 5.41) is 20.0. The topological polar surface area (TPSA) is 120 Å². The van der Waals surface area contributed by atoms with Gasteiger partial charge in [0.15, 0.2) is 11.6 Å². The van der Waals surface area contributed by atoms with Crippen LogP contribution in [0.5, 0.6) is 0 Å². The van der Waals surface area contributed by atoms with Crippen LogP contribution in [0.2, 0.25) is 0 Å². The SMILES string of the molecule is CNc1nc(NCC(F)F)c2nc(NC)nc(NCCO)c2n1. The molecule has 5 N–H and O–H groups in total. The number of aromatic nitrogens is 4. The van der Waals surface area contributed by atoms with E-state index >= 15 is 0 Å². The van der Waals surface area contributed by atoms with Gasteiger partial charge >= 0.3 is 0 Å². The van der Waals surface area contributed by atoms with Gasteiger partial charge in [0.1, 0.15) is 11.0 Å². The fourth-order valence-corrected chi connectivity index (χ4v) is 1.83. The summed E-state index contributed by atoms with van der Waals surface area (Å²) in [7, 11) is 3.24. The highest BCUT2D eigenvalue weighted by Crippen LogP contribution is 2.26. The van der Waals surface area contributed by atoms with E-state index in [1.165, 1.54) is 0 Å². The van der Waals surface area contributed by atoms with E-state index in [0.717, 1.165) is 0 Å². The minimum Gasteiger partial charge on any atom is -0.395 e. The number of nitrogens with zero attached hydrogens (tertiary/aromatic N) is 4. The lowest BCUT2D eigenvalue weighted by atomic mass is 10.3. The van der Waals surface area contributed by atoms with Crippen LogP contribution in [0, 0.1) is 0 Å². The average molecular weight is 328 g/mol. The highest BCUT2D eigenvalue weighted by molar-refractivity contribution is 5.94. The molecule has 2 rings (SSSR count). The van der Waals surface area contributed by atoms with Gasteiger partial charge in [0.05, 0.1) is 13.2 Å². The van der Waals surface area contributed by atoms with Crippen molar-refractivity contribution in [3.05, 3.63) is 0 Å². The van der Waals surface area contributed by atoms with Crippen LogP contribution in [0.15, 0.2) is 0 Å². The molecule has 0 unspecified atom stereocenters. The normalized spacial score (nSPS) is 10.9. The predicted octanol–water partition coefficient (Wildman–Crippen LogP) is 0.584. The van der Waals surface area contributed by atoms with E-state index in [1.807, 2.05) is 0 Å². The molecule has 2 heterocycles. The quantitative estimate of drug-likeness (QED) is 0.474. The third kappa shape index (κ3) is 4.00. The molecule has 11 heteroatoms. The van der Waals surface area contributed by atoms with E-state index in [9.17, 15) is 8.78 Å². The van der Waals surface area contributed by atoms with E-state index in [1.54, 1.807) is 14.1 Å². The first-order valence-electron chi connectivity index (χ1n) is 6.91. The Labute approximate surface area is 131 Å². The molecule has 23 heavy (non-hydrogen) atoms. The fraction of sp³-hybridized carbons (Fsp3) is 0.500. The lowest BCUT2D eigenvalue weighted by Crippen LogP contribution is -2.15. The summed E-state index contributed by atoms with van der Waals surface area (Å²) in [6, 6.07) is 0. The number of nitrogens with one attached hydrogen (secondary N) is 4. The van der Waals surface area contributed by atoms with Crippen LogP contribution in [-0.2, 0) is 0 Å². The number of alkyl halides is 2. The number of halogens is 2. The van der Waals surface area contributed by atoms with Crippen molar-refractivity contribution in [2.75, 3.05) is 55.1 Å². The maximum Gasteiger partial charge on any atom is 0.255 e. The van der Waals surface area contributed by atoms with E-state index in [-0.39, 0.29) is 30.9 Å². The van der Waals surface area contributed by atoms with Gasteiger partial charge in [-0.3, -0.25) is 0 Å². The zero-order valence-electron chi connectivity index (χ0n) is 12.7. The summed E-state index contributed by atoms with van der Waals surface area (Å²) < 4.78 is 25.0. The third-order valence-corrected chi connectivity index (χ3v) is 2.82. The summed E-state index contributed by atoms with van der Waals surface area (Å²) in [6.45, 7) is -0.400. The van der Waals surface area contributed by atoms with Gasteiger partial charge in [-0.05, 0) is 0 Å². The van der Waals surface area contributed by atoms with Crippen LogP contribution in [0.4, 0.5) is 32.3 Å². The van der Waals surface area contributed by atoms with E-state index < -0.39 is 13.0 Å². The molecule has 0 aliphatic heterocycles. The van der Waals surface area contributed by atoms with Crippen molar-refractivity contribution in [2.45, 2.75) is 6.43 Å². The zero-order chi connectivity index (χ0) is 16.8. The van der Waals surface area contributed by atoms with Crippen LogP contribution < -0.4 is 21.3 Å². The van der Waals surface area contributed by atoms with Crippen molar-refractivity contribution in [3.63, 3.8) is 0 Å². The fourth-order valence-electron chi connectivity index (χ4n) is 1.83. The molecule has 0 fully saturated rings. The van der Waals surface area contributed by atoms with Gasteiger partial charge in [-0.15, -0.1) is 0 Å². The molecule has 0 bridgehead atoms. The molecule has 0 atom stereocenters. The van der Waals surface area contributed by atoms with Crippen molar-refractivity contribution < 1.29 is 13.9 Å². The Balaban J connectivity index is 2.58. The highest BCUT2D eigenvalue weighted by Gasteiger charge is 2.16. The molecule has 0 saturated heterocycles. The Hall–Kier alpha value is -2.56. The molecular formula is C12H18F2N8O. The molecule has 0 aromatic carbocycles. The summed E-state index contributed by atoms with van der Waals surface area (Å²) in [6.07, 6.45) is -2.53. The van der Waals surface area contributed by atoms with Crippen LogP contribution in [0.25, 0.3) is 11.0 Å². The van der Waals surface area contributed by atoms with Crippen LogP contribution in [0.3, 0.4) is 0 Å². The minimum absolute atomic E-state index is 0.0964. The first-order chi connectivity index (χ1) is 11.1. The molecule has 2 aromatic heterocycles. The van der Waals surface area contributed by atoms with Gasteiger partial charge < -0.3 is 26.4 Å². The number of fused-ring (bicyclic) bond motifs is 1. The summed E-state index contributed by atoms with van der Waals surface area (Å²) >= 11 is 0. The Morgan fingerprint density at radius 3 is 1.87 bits per heavy atom. The Kier molecular flexibility index (Phi) is 5.57. The van der Waals surface area contributed by atoms with Gasteiger partial charge in [0.2, 0.25) is 11.9 Å². The van der Waals surface area contributed by atoms with Crippen molar-refractivity contribution in [1.82, 2.24) is 19.9 Å². The number of rotatable bonds is 8. The van der Waals surface area contributed by atoms with Crippen LogP contribution in [0.1, 0.15) is 0 Å². The van der Waals surface area contributed by atoms with Gasteiger partial charge in [-0.2, -0.15) is 9.97 Å². The Morgan fingerprint density at radius 2 is 1.43 bits per heavy atom. The highest BCUT2D eigenvalue weighted by atomic mass is 19.3. The number of anilines is 4. The molecule has 9 nitrogen and oxygen atoms in total. The smallest absolute Gasteiger partial charge is 0.255 e. The first-order valence-corrected chi connectivity index (χ1v) is 6.91. The molecule has 0 saturated carbocycles. The van der Waals surface area contributed by atoms with E-state index in [2.05, 4.69) is 41.2 Å². The molecular weight excluding hydrogens is 310 g/mol. The molecule has 0 aliphatic rings. The molecule has 2 aromatic rings. The van der Waals surface area contributed by atoms with Gasteiger partial charge in [0, 0.05) is 20.6 Å².